The van der Waals surface area contributed by atoms with E-state index in [0.717, 1.165) is 42.1 Å². The minimum atomic E-state index is 0.681. The fraction of sp³-hybridized carbons (Fsp3) is 0.286. The molecule has 0 amide bonds. The minimum absolute atomic E-state index is 0.681. The van der Waals surface area contributed by atoms with Crippen molar-refractivity contribution in [1.82, 2.24) is 10.3 Å². The highest BCUT2D eigenvalue weighted by molar-refractivity contribution is 5.53. The molecular formula is C21H24N2O2. The van der Waals surface area contributed by atoms with Crippen LogP contribution in [0.15, 0.2) is 53.1 Å². The number of oxazole rings is 1. The summed E-state index contributed by atoms with van der Waals surface area (Å²) in [6.45, 7) is 5.81. The van der Waals surface area contributed by atoms with Crippen LogP contribution in [0.1, 0.15) is 22.4 Å². The Morgan fingerprint density at radius 1 is 1.08 bits per heavy atom. The summed E-state index contributed by atoms with van der Waals surface area (Å²) in [5.41, 5.74) is 5.61. The van der Waals surface area contributed by atoms with Crippen LogP contribution in [0.2, 0.25) is 0 Å². The first-order chi connectivity index (χ1) is 12.2. The molecule has 0 spiro atoms. The zero-order chi connectivity index (χ0) is 17.6. The quantitative estimate of drug-likeness (QED) is 0.654. The lowest BCUT2D eigenvalue weighted by atomic mass is 10.1. The predicted octanol–water partition coefficient (Wildman–Crippen LogP) is 4.30. The van der Waals surface area contributed by atoms with Gasteiger partial charge in [0.05, 0.1) is 12.8 Å². The normalized spacial score (nSPS) is 10.8. The SMILES string of the molecule is COc1ccc(CNCCc2coc(-c3ccc(C)cc3)n2)cc1C. The lowest BCUT2D eigenvalue weighted by Crippen LogP contribution is -2.16. The van der Waals surface area contributed by atoms with E-state index in [9.17, 15) is 0 Å². The van der Waals surface area contributed by atoms with Gasteiger partial charge in [0.25, 0.3) is 0 Å². The molecule has 2 aromatic carbocycles. The standard InChI is InChI=1S/C21H24N2O2/c1-15-4-7-18(8-5-15)21-23-19(14-25-21)10-11-22-13-17-6-9-20(24-3)16(2)12-17/h4-9,12,14,22H,10-11,13H2,1-3H3. The maximum Gasteiger partial charge on any atom is 0.226 e. The lowest BCUT2D eigenvalue weighted by molar-refractivity contribution is 0.411. The van der Waals surface area contributed by atoms with Crippen LogP contribution >= 0.6 is 0 Å². The van der Waals surface area contributed by atoms with E-state index in [1.165, 1.54) is 11.1 Å². The number of hydrogen-bond acceptors (Lipinski definition) is 4. The molecule has 0 aliphatic carbocycles. The number of rotatable bonds is 7. The Bertz CT molecular complexity index is 822. The van der Waals surface area contributed by atoms with Gasteiger partial charge in [-0.3, -0.25) is 0 Å². The molecule has 0 bridgehead atoms. The van der Waals surface area contributed by atoms with E-state index in [-0.39, 0.29) is 0 Å². The van der Waals surface area contributed by atoms with E-state index < -0.39 is 0 Å². The van der Waals surface area contributed by atoms with E-state index in [0.29, 0.717) is 5.89 Å². The van der Waals surface area contributed by atoms with Crippen molar-refractivity contribution in [3.8, 4) is 17.2 Å². The molecule has 0 aliphatic heterocycles. The fourth-order valence-corrected chi connectivity index (χ4v) is 2.75. The third-order valence-electron chi connectivity index (χ3n) is 4.20. The minimum Gasteiger partial charge on any atom is -0.496 e. The molecule has 1 aromatic heterocycles. The van der Waals surface area contributed by atoms with Gasteiger partial charge in [0, 0.05) is 25.1 Å². The van der Waals surface area contributed by atoms with Gasteiger partial charge in [-0.1, -0.05) is 29.8 Å². The molecule has 25 heavy (non-hydrogen) atoms. The molecular weight excluding hydrogens is 312 g/mol. The molecule has 1 heterocycles. The number of nitrogens with one attached hydrogen (secondary N) is 1. The van der Waals surface area contributed by atoms with Crippen LogP contribution in [-0.4, -0.2) is 18.6 Å². The largest absolute Gasteiger partial charge is 0.496 e. The van der Waals surface area contributed by atoms with Crippen molar-refractivity contribution < 1.29 is 9.15 Å². The highest BCUT2D eigenvalue weighted by Gasteiger charge is 2.06. The average Bonchev–Trinajstić information content (AvgIpc) is 3.08. The van der Waals surface area contributed by atoms with E-state index in [4.69, 9.17) is 9.15 Å². The van der Waals surface area contributed by atoms with Gasteiger partial charge < -0.3 is 14.5 Å². The summed E-state index contributed by atoms with van der Waals surface area (Å²) >= 11 is 0. The van der Waals surface area contributed by atoms with Gasteiger partial charge in [-0.25, -0.2) is 4.98 Å². The van der Waals surface area contributed by atoms with Crippen molar-refractivity contribution >= 4 is 0 Å². The molecule has 0 fully saturated rings. The van der Waals surface area contributed by atoms with Gasteiger partial charge in [-0.05, 0) is 43.2 Å². The van der Waals surface area contributed by atoms with E-state index >= 15 is 0 Å². The third kappa shape index (κ3) is 4.48. The summed E-state index contributed by atoms with van der Waals surface area (Å²) in [4.78, 5) is 4.57. The molecule has 0 radical (unpaired) electrons. The maximum atomic E-state index is 5.59. The number of aromatic nitrogens is 1. The Morgan fingerprint density at radius 3 is 2.60 bits per heavy atom. The highest BCUT2D eigenvalue weighted by Crippen LogP contribution is 2.20. The summed E-state index contributed by atoms with van der Waals surface area (Å²) in [7, 11) is 1.70. The molecule has 0 aliphatic rings. The topological polar surface area (TPSA) is 47.3 Å². The van der Waals surface area contributed by atoms with Crippen LogP contribution in [-0.2, 0) is 13.0 Å². The molecule has 3 aromatic rings. The van der Waals surface area contributed by atoms with Crippen molar-refractivity contribution in [3.05, 3.63) is 71.1 Å². The van der Waals surface area contributed by atoms with Crippen molar-refractivity contribution in [2.75, 3.05) is 13.7 Å². The Morgan fingerprint density at radius 2 is 1.88 bits per heavy atom. The van der Waals surface area contributed by atoms with Crippen molar-refractivity contribution in [2.24, 2.45) is 0 Å². The van der Waals surface area contributed by atoms with E-state index in [1.807, 2.05) is 18.2 Å². The summed E-state index contributed by atoms with van der Waals surface area (Å²) in [5.74, 6) is 1.61. The first-order valence-electron chi connectivity index (χ1n) is 8.51. The predicted molar refractivity (Wildman–Crippen MR) is 99.8 cm³/mol. The van der Waals surface area contributed by atoms with Crippen molar-refractivity contribution in [3.63, 3.8) is 0 Å². The fourth-order valence-electron chi connectivity index (χ4n) is 2.75. The Kier molecular flexibility index (Phi) is 5.51. The van der Waals surface area contributed by atoms with Gasteiger partial charge in [0.2, 0.25) is 5.89 Å². The van der Waals surface area contributed by atoms with Gasteiger partial charge >= 0.3 is 0 Å². The Labute approximate surface area is 148 Å². The summed E-state index contributed by atoms with van der Waals surface area (Å²) in [6.07, 6.45) is 2.58. The number of nitrogens with zero attached hydrogens (tertiary/aromatic N) is 1. The molecule has 4 heteroatoms. The lowest BCUT2D eigenvalue weighted by Gasteiger charge is -2.08. The van der Waals surface area contributed by atoms with Gasteiger partial charge in [0.15, 0.2) is 0 Å². The molecule has 1 N–H and O–H groups in total. The van der Waals surface area contributed by atoms with Crippen LogP contribution in [0.25, 0.3) is 11.5 Å². The second kappa shape index (κ2) is 7.99. The van der Waals surface area contributed by atoms with Crippen LogP contribution in [0, 0.1) is 13.8 Å². The number of benzene rings is 2. The average molecular weight is 336 g/mol. The molecule has 0 atom stereocenters. The van der Waals surface area contributed by atoms with Crippen molar-refractivity contribution in [1.29, 1.82) is 0 Å². The zero-order valence-corrected chi connectivity index (χ0v) is 15.0. The van der Waals surface area contributed by atoms with E-state index in [1.54, 1.807) is 13.4 Å². The number of aryl methyl sites for hydroxylation is 2. The molecule has 130 valence electrons. The van der Waals surface area contributed by atoms with E-state index in [2.05, 4.69) is 48.4 Å². The number of ether oxygens (including phenoxy) is 1. The van der Waals surface area contributed by atoms with Crippen LogP contribution < -0.4 is 10.1 Å². The molecule has 0 saturated heterocycles. The molecule has 0 saturated carbocycles. The summed E-state index contributed by atoms with van der Waals surface area (Å²) in [6, 6.07) is 14.5. The van der Waals surface area contributed by atoms with Gasteiger partial charge in [-0.15, -0.1) is 0 Å². The van der Waals surface area contributed by atoms with Crippen LogP contribution in [0.3, 0.4) is 0 Å². The Hall–Kier alpha value is -2.59. The second-order valence-corrected chi connectivity index (χ2v) is 6.24. The first-order valence-corrected chi connectivity index (χ1v) is 8.51. The second-order valence-electron chi connectivity index (χ2n) is 6.24. The number of methoxy groups -OCH3 is 1. The third-order valence-corrected chi connectivity index (χ3v) is 4.20. The van der Waals surface area contributed by atoms with Crippen molar-refractivity contribution in [2.45, 2.75) is 26.8 Å². The number of hydrogen-bond donors (Lipinski definition) is 1. The van der Waals surface area contributed by atoms with Crippen LogP contribution in [0.4, 0.5) is 0 Å². The zero-order valence-electron chi connectivity index (χ0n) is 15.0. The highest BCUT2D eigenvalue weighted by atomic mass is 16.5. The van der Waals surface area contributed by atoms with Gasteiger partial charge in [0.1, 0.15) is 12.0 Å². The first kappa shape index (κ1) is 17.2. The molecule has 4 nitrogen and oxygen atoms in total. The molecule has 3 rings (SSSR count). The summed E-state index contributed by atoms with van der Waals surface area (Å²) < 4.78 is 10.9. The summed E-state index contributed by atoms with van der Waals surface area (Å²) in [5, 5.41) is 3.45. The monoisotopic (exact) mass is 336 g/mol. The Balaban J connectivity index is 1.49. The van der Waals surface area contributed by atoms with Crippen LogP contribution in [0.5, 0.6) is 5.75 Å². The van der Waals surface area contributed by atoms with Gasteiger partial charge in [-0.2, -0.15) is 0 Å². The smallest absolute Gasteiger partial charge is 0.226 e. The molecule has 0 unspecified atom stereocenters. The maximum absolute atomic E-state index is 5.59.